The zero-order valence-corrected chi connectivity index (χ0v) is 21.4. The number of aromatic amines is 1. The molecular weight excluding hydrogens is 469 g/mol. The molecule has 1 aliphatic heterocycles. The number of carbonyl (C=O) groups is 1. The van der Waals surface area contributed by atoms with E-state index >= 15 is 0 Å². The third-order valence-electron chi connectivity index (χ3n) is 6.48. The molecule has 2 aromatic carbocycles. The van der Waals surface area contributed by atoms with Crippen molar-refractivity contribution in [2.24, 2.45) is 0 Å². The number of H-pyrrole nitrogens is 1. The van der Waals surface area contributed by atoms with Gasteiger partial charge in [-0.2, -0.15) is 0 Å². The van der Waals surface area contributed by atoms with Gasteiger partial charge in [0.1, 0.15) is 0 Å². The number of nitrogens with one attached hydrogen (secondary N) is 1. The fourth-order valence-electron chi connectivity index (χ4n) is 4.65. The van der Waals surface area contributed by atoms with Gasteiger partial charge in [-0.15, -0.1) is 0 Å². The Kier molecular flexibility index (Phi) is 7.90. The van der Waals surface area contributed by atoms with Gasteiger partial charge < -0.3 is 0 Å². The predicted molar refractivity (Wildman–Crippen MR) is 137 cm³/mol. The van der Waals surface area contributed by atoms with E-state index in [4.69, 9.17) is 0 Å². The van der Waals surface area contributed by atoms with Gasteiger partial charge in [-0.05, 0) is 0 Å². The van der Waals surface area contributed by atoms with Gasteiger partial charge in [0.15, 0.2) is 0 Å². The molecule has 4 rings (SSSR count). The Morgan fingerprint density at radius 3 is 2.24 bits per heavy atom. The number of amides is 1. The summed E-state index contributed by atoms with van der Waals surface area (Å²) < 4.78 is 1.20. The van der Waals surface area contributed by atoms with Crippen LogP contribution in [0, 0.1) is 0 Å². The van der Waals surface area contributed by atoms with Gasteiger partial charge in [-0.3, -0.25) is 0 Å². The average molecular weight is 502 g/mol. The van der Waals surface area contributed by atoms with Crippen molar-refractivity contribution in [2.45, 2.75) is 33.2 Å². The van der Waals surface area contributed by atoms with E-state index in [1.54, 1.807) is 0 Å². The average Bonchev–Trinajstić information content (AvgIpc) is 3.35. The fraction of sp³-hybridized carbons (Fsp3) is 0.321. The predicted octanol–water partition coefficient (Wildman–Crippen LogP) is 4.39. The van der Waals surface area contributed by atoms with E-state index < -0.39 is 0 Å². The molecule has 0 saturated carbocycles. The van der Waals surface area contributed by atoms with E-state index in [1.807, 2.05) is 37.1 Å². The Bertz CT molecular complexity index is 1090. The minimum atomic E-state index is 0.103. The van der Waals surface area contributed by atoms with Crippen LogP contribution in [0.3, 0.4) is 0 Å². The fourth-order valence-corrected chi connectivity index (χ4v) is 5.12. The number of likely N-dealkylation sites (tertiary alicyclic amines) is 1. The molecule has 5 heteroatoms. The molecule has 1 amide bonds. The summed E-state index contributed by atoms with van der Waals surface area (Å²) in [6.07, 6.45) is 4.10. The number of rotatable bonds is 7. The van der Waals surface area contributed by atoms with Crippen molar-refractivity contribution in [1.82, 2.24) is 14.8 Å². The van der Waals surface area contributed by atoms with Crippen LogP contribution in [0.2, 0.25) is 0 Å². The van der Waals surface area contributed by atoms with Gasteiger partial charge in [-0.25, -0.2) is 0 Å². The first kappa shape index (κ1) is 23.6. The summed E-state index contributed by atoms with van der Waals surface area (Å²) in [5, 5.41) is 0. The van der Waals surface area contributed by atoms with E-state index in [9.17, 15) is 4.79 Å². The quantitative estimate of drug-likeness (QED) is 0.488. The third kappa shape index (κ3) is 5.69. The number of piperidine rings is 1. The van der Waals surface area contributed by atoms with Crippen LogP contribution in [0.4, 0.5) is 0 Å². The first-order chi connectivity index (χ1) is 16.1. The molecule has 0 spiro atoms. The van der Waals surface area contributed by atoms with Crippen LogP contribution >= 0.6 is 0 Å². The van der Waals surface area contributed by atoms with Crippen molar-refractivity contribution < 1.29 is 4.79 Å². The Morgan fingerprint density at radius 1 is 0.939 bits per heavy atom. The van der Waals surface area contributed by atoms with Crippen LogP contribution in [0.5, 0.6) is 0 Å². The molecule has 33 heavy (non-hydrogen) atoms. The summed E-state index contributed by atoms with van der Waals surface area (Å²) in [7, 11) is 0. The van der Waals surface area contributed by atoms with Gasteiger partial charge in [0, 0.05) is 0 Å². The zero-order valence-electron chi connectivity index (χ0n) is 19.6. The molecule has 1 saturated heterocycles. The molecule has 0 bridgehead atoms. The van der Waals surface area contributed by atoms with E-state index in [1.165, 1.54) is 32.3 Å². The first-order valence-corrected chi connectivity index (χ1v) is 12.8. The molecule has 3 aromatic rings. The van der Waals surface area contributed by atoms with Gasteiger partial charge >= 0.3 is 206 Å². The van der Waals surface area contributed by atoms with Crippen LogP contribution in [-0.4, -0.2) is 63.7 Å². The van der Waals surface area contributed by atoms with Crippen molar-refractivity contribution >= 4 is 32.7 Å². The molecule has 1 aliphatic rings. The molecule has 1 fully saturated rings. The Balaban J connectivity index is 1.62. The maximum absolute atomic E-state index is 12.8. The number of aromatic nitrogens is 1. The van der Waals surface area contributed by atoms with Crippen LogP contribution < -0.4 is 4.35 Å². The van der Waals surface area contributed by atoms with Gasteiger partial charge in [0.25, 0.3) is 0 Å². The molecule has 4 nitrogen and oxygen atoms in total. The zero-order chi connectivity index (χ0) is 23.2. The number of nitrogens with zero attached hydrogens (tertiary/aromatic N) is 2. The summed E-state index contributed by atoms with van der Waals surface area (Å²) in [4.78, 5) is 20.5. The summed E-state index contributed by atoms with van der Waals surface area (Å²) >= 11 is 2.65. The summed E-state index contributed by atoms with van der Waals surface area (Å²) in [6.45, 7) is 8.59. The van der Waals surface area contributed by atoms with Crippen LogP contribution in [0.15, 0.2) is 72.4 Å². The summed E-state index contributed by atoms with van der Waals surface area (Å²) in [5.74, 6) is 0.103. The Labute approximate surface area is 206 Å². The second kappa shape index (κ2) is 11.0. The van der Waals surface area contributed by atoms with Crippen molar-refractivity contribution in [2.75, 3.05) is 26.2 Å². The van der Waals surface area contributed by atoms with Crippen LogP contribution in [0.1, 0.15) is 53.9 Å². The first-order valence-electron chi connectivity index (χ1n) is 11.8. The number of hydrogen-bond donors (Lipinski definition) is 1. The van der Waals surface area contributed by atoms with Crippen molar-refractivity contribution in [3.8, 4) is 0 Å². The van der Waals surface area contributed by atoms with E-state index in [0.29, 0.717) is 0 Å². The Hall–Kier alpha value is -2.55. The van der Waals surface area contributed by atoms with Gasteiger partial charge in [0.2, 0.25) is 0 Å². The van der Waals surface area contributed by atoms with Crippen molar-refractivity contribution in [3.63, 3.8) is 0 Å². The van der Waals surface area contributed by atoms with Crippen LogP contribution in [0.25, 0.3) is 5.57 Å². The topological polar surface area (TPSA) is 39.3 Å². The molecule has 170 valence electrons. The van der Waals surface area contributed by atoms with Gasteiger partial charge in [-0.1, -0.05) is 0 Å². The molecular formula is C28H32AsN3O. The third-order valence-corrected chi connectivity index (χ3v) is 7.06. The minimum absolute atomic E-state index is 0.103. The molecule has 1 N–H and O–H groups in total. The maximum atomic E-state index is 12.8. The number of carbonyl (C=O) groups excluding carboxylic acids is 1. The second-order valence-electron chi connectivity index (χ2n) is 8.56. The van der Waals surface area contributed by atoms with E-state index in [2.05, 4.69) is 75.3 Å². The normalized spacial score (nSPS) is 14.3. The second-order valence-corrected chi connectivity index (χ2v) is 9.64. The summed E-state index contributed by atoms with van der Waals surface area (Å²) in [6, 6.07) is 21.2. The number of hydrogen-bond acceptors (Lipinski definition) is 2. The molecule has 2 heterocycles. The van der Waals surface area contributed by atoms with Crippen molar-refractivity contribution in [1.29, 1.82) is 0 Å². The molecule has 2 radical (unpaired) electrons. The van der Waals surface area contributed by atoms with Crippen molar-refractivity contribution in [3.05, 3.63) is 94.8 Å². The van der Waals surface area contributed by atoms with E-state index in [-0.39, 0.29) is 5.91 Å². The molecule has 0 atom stereocenters. The van der Waals surface area contributed by atoms with E-state index in [0.717, 1.165) is 51.1 Å². The molecule has 1 aromatic heterocycles. The van der Waals surface area contributed by atoms with Gasteiger partial charge in [0.05, 0.1) is 0 Å². The number of benzene rings is 2. The van der Waals surface area contributed by atoms with Crippen LogP contribution in [-0.2, 0) is 6.54 Å². The summed E-state index contributed by atoms with van der Waals surface area (Å²) in [5.41, 5.74) is 7.30. The standard InChI is InChI=1S/C28H32AsN3O/c1-3-32(4-2)28(33)23-12-10-21(11-13-23)27(24-7-5-8-25(29)19-24)22-14-17-31(18-15-22)20-26-9-6-16-30-26/h5-13,16,19,30H,3-4,14-15,17-18,20H2,1-2H3. The molecule has 0 aliphatic carbocycles. The molecule has 0 unspecified atom stereocenters. The SMILES string of the molecule is CCN(CC)C(=O)c1ccc(C(=C2CCN(Cc3ccc[nH]3)CC2)c2cccc([As])c2)cc1. The monoisotopic (exact) mass is 501 g/mol. The Morgan fingerprint density at radius 2 is 1.64 bits per heavy atom.